The Kier molecular flexibility index (Phi) is 4.28. The lowest BCUT2D eigenvalue weighted by atomic mass is 10.1. The fraction of sp³-hybridized carbons (Fsp3) is 0.167. The van der Waals surface area contributed by atoms with Crippen LogP contribution in [-0.4, -0.2) is 0 Å². The van der Waals surface area contributed by atoms with Crippen LogP contribution < -0.4 is 5.32 Å². The average Bonchev–Trinajstić information content (AvgIpc) is 2.65. The zero-order chi connectivity index (χ0) is 14.2. The Balaban J connectivity index is 2.24. The van der Waals surface area contributed by atoms with Crippen LogP contribution in [0.3, 0.4) is 0 Å². The van der Waals surface area contributed by atoms with Gasteiger partial charge in [-0.25, -0.2) is 13.2 Å². The number of nitrogens with one attached hydrogen (secondary N) is 1. The van der Waals surface area contributed by atoms with Gasteiger partial charge in [0, 0.05) is 23.4 Å². The Morgan fingerprint density at radius 3 is 2.16 bits per heavy atom. The first kappa shape index (κ1) is 14.5. The minimum atomic E-state index is -1.49. The van der Waals surface area contributed by atoms with Crippen LogP contribution in [-0.2, 0) is 0 Å². The van der Waals surface area contributed by atoms with Gasteiger partial charge in [-0.1, -0.05) is 23.2 Å². The van der Waals surface area contributed by atoms with Gasteiger partial charge in [0.25, 0.3) is 0 Å². The molecule has 1 aromatic carbocycles. The highest BCUT2D eigenvalue weighted by Crippen LogP contribution is 2.36. The predicted octanol–water partition coefficient (Wildman–Crippen LogP) is 5.65. The van der Waals surface area contributed by atoms with Crippen molar-refractivity contribution in [2.24, 2.45) is 0 Å². The van der Waals surface area contributed by atoms with E-state index in [4.69, 9.17) is 23.2 Å². The Hall–Kier alpha value is -0.910. The van der Waals surface area contributed by atoms with E-state index < -0.39 is 17.5 Å². The standard InChI is InChI=1S/C12H8Cl2F3NS/c1-5(7-4-10(13)19-12(7)14)18-6-2-8(15)11(17)9(16)3-6/h2-5,18H,1H3. The van der Waals surface area contributed by atoms with Gasteiger partial charge in [-0.15, -0.1) is 11.3 Å². The molecule has 1 unspecified atom stereocenters. The second-order valence-corrected chi connectivity index (χ2v) is 6.19. The molecule has 0 aliphatic heterocycles. The first-order valence-corrected chi connectivity index (χ1v) is 6.81. The molecule has 0 fully saturated rings. The van der Waals surface area contributed by atoms with Crippen LogP contribution in [0.2, 0.25) is 8.67 Å². The summed E-state index contributed by atoms with van der Waals surface area (Å²) in [5.74, 6) is -3.98. The highest BCUT2D eigenvalue weighted by Gasteiger charge is 2.16. The van der Waals surface area contributed by atoms with E-state index in [1.165, 1.54) is 11.3 Å². The summed E-state index contributed by atoms with van der Waals surface area (Å²) in [5.41, 5.74) is 0.837. The molecule has 1 heterocycles. The summed E-state index contributed by atoms with van der Waals surface area (Å²) >= 11 is 13.0. The third kappa shape index (κ3) is 3.16. The third-order valence-electron chi connectivity index (χ3n) is 2.52. The van der Waals surface area contributed by atoms with Crippen LogP contribution in [0.15, 0.2) is 18.2 Å². The van der Waals surface area contributed by atoms with E-state index >= 15 is 0 Å². The maximum absolute atomic E-state index is 13.1. The summed E-state index contributed by atoms with van der Waals surface area (Å²) < 4.78 is 40.0. The van der Waals surface area contributed by atoms with Crippen LogP contribution in [0.4, 0.5) is 18.9 Å². The molecule has 1 nitrogen and oxygen atoms in total. The van der Waals surface area contributed by atoms with Crippen LogP contribution in [0.5, 0.6) is 0 Å². The van der Waals surface area contributed by atoms with Crippen molar-refractivity contribution in [3.8, 4) is 0 Å². The van der Waals surface area contributed by atoms with Gasteiger partial charge in [0.2, 0.25) is 0 Å². The molecule has 1 aromatic heterocycles. The van der Waals surface area contributed by atoms with Gasteiger partial charge in [0.15, 0.2) is 17.5 Å². The third-order valence-corrected chi connectivity index (χ3v) is 4.03. The summed E-state index contributed by atoms with van der Waals surface area (Å²) in [6, 6.07) is 3.12. The number of thiophene rings is 1. The van der Waals surface area contributed by atoms with Gasteiger partial charge in [-0.05, 0) is 13.0 Å². The highest BCUT2D eigenvalue weighted by atomic mass is 35.5. The lowest BCUT2D eigenvalue weighted by Crippen LogP contribution is -2.07. The quantitative estimate of drug-likeness (QED) is 0.719. The molecular formula is C12H8Cl2F3NS. The lowest BCUT2D eigenvalue weighted by molar-refractivity contribution is 0.447. The van der Waals surface area contributed by atoms with Crippen LogP contribution in [0, 0.1) is 17.5 Å². The maximum atomic E-state index is 13.1. The van der Waals surface area contributed by atoms with E-state index in [0.29, 0.717) is 14.2 Å². The lowest BCUT2D eigenvalue weighted by Gasteiger charge is -2.15. The first-order chi connectivity index (χ1) is 8.88. The number of rotatable bonds is 3. The second kappa shape index (κ2) is 5.61. The van der Waals surface area contributed by atoms with E-state index in [1.54, 1.807) is 13.0 Å². The van der Waals surface area contributed by atoms with E-state index in [2.05, 4.69) is 5.32 Å². The largest absolute Gasteiger partial charge is 0.378 e. The molecule has 0 aliphatic rings. The van der Waals surface area contributed by atoms with Crippen molar-refractivity contribution < 1.29 is 13.2 Å². The molecule has 1 N–H and O–H groups in total. The van der Waals surface area contributed by atoms with Crippen molar-refractivity contribution in [2.75, 3.05) is 5.32 Å². The molecule has 1 atom stereocenters. The number of hydrogen-bond acceptors (Lipinski definition) is 2. The molecule has 0 radical (unpaired) electrons. The Morgan fingerprint density at radius 2 is 1.68 bits per heavy atom. The molecule has 0 aliphatic carbocycles. The van der Waals surface area contributed by atoms with Crippen LogP contribution in [0.25, 0.3) is 0 Å². The second-order valence-electron chi connectivity index (χ2n) is 3.90. The zero-order valence-corrected chi connectivity index (χ0v) is 11.9. The minimum absolute atomic E-state index is 0.127. The predicted molar refractivity (Wildman–Crippen MR) is 72.7 cm³/mol. The zero-order valence-electron chi connectivity index (χ0n) is 9.61. The number of benzene rings is 1. The first-order valence-electron chi connectivity index (χ1n) is 5.24. The topological polar surface area (TPSA) is 12.0 Å². The minimum Gasteiger partial charge on any atom is -0.378 e. The molecule has 2 rings (SSSR count). The van der Waals surface area contributed by atoms with Gasteiger partial charge < -0.3 is 5.32 Å². The molecular weight excluding hydrogens is 318 g/mol. The summed E-state index contributed by atoms with van der Waals surface area (Å²) in [4.78, 5) is 0. The smallest absolute Gasteiger partial charge is 0.194 e. The van der Waals surface area contributed by atoms with Crippen LogP contribution >= 0.6 is 34.5 Å². The summed E-state index contributed by atoms with van der Waals surface area (Å²) in [5, 5.41) is 2.84. The Labute approximate surface area is 122 Å². The van der Waals surface area contributed by atoms with E-state index in [1.807, 2.05) is 0 Å². The van der Waals surface area contributed by atoms with Gasteiger partial charge in [0.05, 0.1) is 14.7 Å². The fourth-order valence-corrected chi connectivity index (χ4v) is 3.26. The molecule has 0 spiro atoms. The molecule has 0 amide bonds. The monoisotopic (exact) mass is 325 g/mol. The molecule has 2 aromatic rings. The van der Waals surface area contributed by atoms with E-state index in [0.717, 1.165) is 12.1 Å². The van der Waals surface area contributed by atoms with Gasteiger partial charge >= 0.3 is 0 Å². The Morgan fingerprint density at radius 1 is 1.11 bits per heavy atom. The average molecular weight is 326 g/mol. The normalized spacial score (nSPS) is 12.5. The number of anilines is 1. The van der Waals surface area contributed by atoms with Crippen molar-refractivity contribution in [1.29, 1.82) is 0 Å². The van der Waals surface area contributed by atoms with Crippen molar-refractivity contribution in [3.63, 3.8) is 0 Å². The number of hydrogen-bond donors (Lipinski definition) is 1. The molecule has 0 saturated heterocycles. The van der Waals surface area contributed by atoms with Gasteiger partial charge in [-0.2, -0.15) is 0 Å². The van der Waals surface area contributed by atoms with Crippen molar-refractivity contribution in [2.45, 2.75) is 13.0 Å². The fourth-order valence-electron chi connectivity index (χ4n) is 1.61. The SMILES string of the molecule is CC(Nc1cc(F)c(F)c(F)c1)c1cc(Cl)sc1Cl. The summed E-state index contributed by atoms with van der Waals surface area (Å²) in [6.07, 6.45) is 0. The van der Waals surface area contributed by atoms with E-state index in [9.17, 15) is 13.2 Å². The van der Waals surface area contributed by atoms with Crippen molar-refractivity contribution >= 4 is 40.2 Å². The van der Waals surface area contributed by atoms with Crippen molar-refractivity contribution in [3.05, 3.63) is 49.9 Å². The van der Waals surface area contributed by atoms with E-state index in [-0.39, 0.29) is 11.7 Å². The van der Waals surface area contributed by atoms with Gasteiger partial charge in [-0.3, -0.25) is 0 Å². The summed E-state index contributed by atoms with van der Waals surface area (Å²) in [7, 11) is 0. The molecule has 0 bridgehead atoms. The van der Waals surface area contributed by atoms with Gasteiger partial charge in [0.1, 0.15) is 0 Å². The number of halogens is 5. The summed E-state index contributed by atoms with van der Waals surface area (Å²) in [6.45, 7) is 1.75. The molecule has 19 heavy (non-hydrogen) atoms. The van der Waals surface area contributed by atoms with Crippen molar-refractivity contribution in [1.82, 2.24) is 0 Å². The highest BCUT2D eigenvalue weighted by molar-refractivity contribution is 7.20. The Bertz CT molecular complexity index is 592. The molecule has 7 heteroatoms. The maximum Gasteiger partial charge on any atom is 0.194 e. The molecule has 0 saturated carbocycles. The molecule has 102 valence electrons. The van der Waals surface area contributed by atoms with Crippen LogP contribution in [0.1, 0.15) is 18.5 Å².